The highest BCUT2D eigenvalue weighted by atomic mass is 15.3. The molecule has 1 aliphatic rings. The number of piperidine rings is 1. The number of likely N-dealkylation sites (tertiary alicyclic amines) is 1. The van der Waals surface area contributed by atoms with Crippen molar-refractivity contribution in [2.45, 2.75) is 32.7 Å². The topological polar surface area (TPSA) is 47.1 Å². The van der Waals surface area contributed by atoms with Crippen molar-refractivity contribution in [3.05, 3.63) is 41.6 Å². The van der Waals surface area contributed by atoms with Crippen LogP contribution in [0.25, 0.3) is 5.69 Å². The summed E-state index contributed by atoms with van der Waals surface area (Å²) in [4.78, 5) is 2.47. The van der Waals surface area contributed by atoms with E-state index in [0.29, 0.717) is 5.82 Å². The third kappa shape index (κ3) is 2.70. The lowest BCUT2D eigenvalue weighted by Gasteiger charge is -2.25. The van der Waals surface area contributed by atoms with Crippen LogP contribution in [0.3, 0.4) is 0 Å². The molecule has 0 atom stereocenters. The molecule has 0 aliphatic carbocycles. The predicted molar refractivity (Wildman–Crippen MR) is 81.8 cm³/mol. The Morgan fingerprint density at radius 3 is 2.65 bits per heavy atom. The number of hydrogen-bond acceptors (Lipinski definition) is 3. The Hall–Kier alpha value is -1.81. The van der Waals surface area contributed by atoms with Crippen molar-refractivity contribution in [2.24, 2.45) is 0 Å². The molecule has 0 radical (unpaired) electrons. The minimum absolute atomic E-state index is 0.714. The van der Waals surface area contributed by atoms with Crippen LogP contribution in [0.2, 0.25) is 0 Å². The van der Waals surface area contributed by atoms with Crippen LogP contribution in [0.1, 0.15) is 30.5 Å². The standard InChI is InChI=1S/C16H22N4/c1-13-7-3-4-8-15(13)20-16(17)11-14(18-20)12-19-9-5-2-6-10-19/h3-4,7-8,11H,2,5-6,9-10,12,17H2,1H3. The molecule has 1 aromatic heterocycles. The lowest BCUT2D eigenvalue weighted by Crippen LogP contribution is -2.29. The molecule has 1 fully saturated rings. The molecular formula is C16H22N4. The summed E-state index contributed by atoms with van der Waals surface area (Å²) < 4.78 is 1.86. The fraction of sp³-hybridized carbons (Fsp3) is 0.438. The van der Waals surface area contributed by atoms with Crippen LogP contribution in [0.15, 0.2) is 30.3 Å². The minimum atomic E-state index is 0.714. The Labute approximate surface area is 120 Å². The Balaban J connectivity index is 1.82. The van der Waals surface area contributed by atoms with E-state index in [1.165, 1.54) is 37.9 Å². The summed E-state index contributed by atoms with van der Waals surface area (Å²) in [5.41, 5.74) is 9.44. The molecule has 1 aliphatic heterocycles. The van der Waals surface area contributed by atoms with Crippen molar-refractivity contribution in [1.29, 1.82) is 0 Å². The molecule has 3 rings (SSSR count). The van der Waals surface area contributed by atoms with Gasteiger partial charge in [-0.2, -0.15) is 5.10 Å². The third-order valence-electron chi connectivity index (χ3n) is 3.97. The number of para-hydroxylation sites is 1. The second-order valence-electron chi connectivity index (χ2n) is 5.60. The van der Waals surface area contributed by atoms with Crippen molar-refractivity contribution in [3.63, 3.8) is 0 Å². The van der Waals surface area contributed by atoms with Crippen molar-refractivity contribution < 1.29 is 0 Å². The van der Waals surface area contributed by atoms with Gasteiger partial charge in [0.05, 0.1) is 11.4 Å². The van der Waals surface area contributed by atoms with Crippen LogP contribution in [-0.4, -0.2) is 27.8 Å². The second kappa shape index (κ2) is 5.67. The maximum atomic E-state index is 6.13. The minimum Gasteiger partial charge on any atom is -0.384 e. The van der Waals surface area contributed by atoms with Gasteiger partial charge in [0.2, 0.25) is 0 Å². The van der Waals surface area contributed by atoms with Gasteiger partial charge in [0.25, 0.3) is 0 Å². The van der Waals surface area contributed by atoms with Crippen molar-refractivity contribution in [3.8, 4) is 5.69 Å². The molecule has 2 N–H and O–H groups in total. The Bertz CT molecular complexity index is 582. The second-order valence-corrected chi connectivity index (χ2v) is 5.60. The summed E-state index contributed by atoms with van der Waals surface area (Å²) in [6, 6.07) is 10.2. The van der Waals surface area contributed by atoms with Crippen LogP contribution in [0.4, 0.5) is 5.82 Å². The molecule has 0 bridgehead atoms. The van der Waals surface area contributed by atoms with Gasteiger partial charge in [0.1, 0.15) is 5.82 Å². The molecule has 4 heteroatoms. The van der Waals surface area contributed by atoms with E-state index in [2.05, 4.69) is 29.1 Å². The zero-order valence-corrected chi connectivity index (χ0v) is 12.0. The van der Waals surface area contributed by atoms with Gasteiger partial charge in [0, 0.05) is 12.6 Å². The molecule has 1 saturated heterocycles. The van der Waals surface area contributed by atoms with Gasteiger partial charge in [-0.25, -0.2) is 4.68 Å². The lowest BCUT2D eigenvalue weighted by atomic mass is 10.1. The van der Waals surface area contributed by atoms with Crippen molar-refractivity contribution in [2.75, 3.05) is 18.8 Å². The van der Waals surface area contributed by atoms with Crippen LogP contribution in [-0.2, 0) is 6.54 Å². The van der Waals surface area contributed by atoms with Crippen LogP contribution in [0, 0.1) is 6.92 Å². The summed E-state index contributed by atoms with van der Waals surface area (Å²) in [6.07, 6.45) is 3.96. The predicted octanol–water partition coefficient (Wildman–Crippen LogP) is 2.75. The van der Waals surface area contributed by atoms with Gasteiger partial charge >= 0.3 is 0 Å². The summed E-state index contributed by atoms with van der Waals surface area (Å²) >= 11 is 0. The zero-order valence-electron chi connectivity index (χ0n) is 12.0. The van der Waals surface area contributed by atoms with Gasteiger partial charge in [0.15, 0.2) is 0 Å². The molecule has 4 nitrogen and oxygen atoms in total. The summed E-state index contributed by atoms with van der Waals surface area (Å²) in [5, 5.41) is 4.68. The highest BCUT2D eigenvalue weighted by molar-refractivity contribution is 5.47. The third-order valence-corrected chi connectivity index (χ3v) is 3.97. The lowest BCUT2D eigenvalue weighted by molar-refractivity contribution is 0.218. The highest BCUT2D eigenvalue weighted by Gasteiger charge is 2.14. The first-order valence-corrected chi connectivity index (χ1v) is 7.37. The molecule has 20 heavy (non-hydrogen) atoms. The Kier molecular flexibility index (Phi) is 3.74. The average Bonchev–Trinajstić information content (AvgIpc) is 2.81. The number of aryl methyl sites for hydroxylation is 1. The molecule has 2 heterocycles. The molecule has 2 aromatic rings. The normalized spacial score (nSPS) is 16.4. The maximum Gasteiger partial charge on any atom is 0.127 e. The van der Waals surface area contributed by atoms with E-state index < -0.39 is 0 Å². The van der Waals surface area contributed by atoms with E-state index in [-0.39, 0.29) is 0 Å². The number of nitrogen functional groups attached to an aromatic ring is 1. The SMILES string of the molecule is Cc1ccccc1-n1nc(CN2CCCCC2)cc1N. The number of anilines is 1. The highest BCUT2D eigenvalue weighted by Crippen LogP contribution is 2.19. The largest absolute Gasteiger partial charge is 0.384 e. The van der Waals surface area contributed by atoms with E-state index in [1.807, 2.05) is 22.9 Å². The van der Waals surface area contributed by atoms with Gasteiger partial charge in [-0.1, -0.05) is 24.6 Å². The number of nitrogens with two attached hydrogens (primary N) is 1. The van der Waals surface area contributed by atoms with Gasteiger partial charge < -0.3 is 5.73 Å². The maximum absolute atomic E-state index is 6.13. The fourth-order valence-electron chi connectivity index (χ4n) is 2.86. The first-order chi connectivity index (χ1) is 9.74. The quantitative estimate of drug-likeness (QED) is 0.933. The van der Waals surface area contributed by atoms with Crippen LogP contribution < -0.4 is 5.73 Å². The number of nitrogens with zero attached hydrogens (tertiary/aromatic N) is 3. The van der Waals surface area contributed by atoms with E-state index in [4.69, 9.17) is 5.73 Å². The summed E-state index contributed by atoms with van der Waals surface area (Å²) in [6.45, 7) is 5.35. The van der Waals surface area contributed by atoms with E-state index in [0.717, 1.165) is 17.9 Å². The van der Waals surface area contributed by atoms with Gasteiger partial charge in [-0.3, -0.25) is 4.90 Å². The molecular weight excluding hydrogens is 248 g/mol. The smallest absolute Gasteiger partial charge is 0.127 e. The van der Waals surface area contributed by atoms with Crippen molar-refractivity contribution >= 4 is 5.82 Å². The first kappa shape index (κ1) is 13.2. The molecule has 0 amide bonds. The van der Waals surface area contributed by atoms with Crippen molar-refractivity contribution in [1.82, 2.24) is 14.7 Å². The van der Waals surface area contributed by atoms with Crippen LogP contribution in [0.5, 0.6) is 0 Å². The number of aromatic nitrogens is 2. The first-order valence-electron chi connectivity index (χ1n) is 7.37. The zero-order chi connectivity index (χ0) is 13.9. The number of hydrogen-bond donors (Lipinski definition) is 1. The Morgan fingerprint density at radius 2 is 1.90 bits per heavy atom. The van der Waals surface area contributed by atoms with Gasteiger partial charge in [-0.15, -0.1) is 0 Å². The summed E-state index contributed by atoms with van der Waals surface area (Å²) in [5.74, 6) is 0.714. The van der Waals surface area contributed by atoms with E-state index in [1.54, 1.807) is 0 Å². The van der Waals surface area contributed by atoms with E-state index in [9.17, 15) is 0 Å². The number of rotatable bonds is 3. The monoisotopic (exact) mass is 270 g/mol. The fourth-order valence-corrected chi connectivity index (χ4v) is 2.86. The number of benzene rings is 1. The molecule has 0 unspecified atom stereocenters. The van der Waals surface area contributed by atoms with Gasteiger partial charge in [-0.05, 0) is 44.5 Å². The van der Waals surface area contributed by atoms with E-state index >= 15 is 0 Å². The molecule has 106 valence electrons. The molecule has 0 spiro atoms. The summed E-state index contributed by atoms with van der Waals surface area (Å²) in [7, 11) is 0. The molecule has 1 aromatic carbocycles. The van der Waals surface area contributed by atoms with Crippen LogP contribution >= 0.6 is 0 Å². The Morgan fingerprint density at radius 1 is 1.15 bits per heavy atom. The average molecular weight is 270 g/mol. The molecule has 0 saturated carbocycles.